The summed E-state index contributed by atoms with van der Waals surface area (Å²) in [5.41, 5.74) is 0. The van der Waals surface area contributed by atoms with Crippen LogP contribution in [-0.4, -0.2) is 61.0 Å². The zero-order chi connectivity index (χ0) is 27.1. The Morgan fingerprint density at radius 3 is 1.36 bits per heavy atom. The van der Waals surface area contributed by atoms with Crippen LogP contribution in [0.25, 0.3) is 0 Å². The second-order valence-corrected chi connectivity index (χ2v) is 5.38. The second-order valence-electron chi connectivity index (χ2n) is 5.38. The maximum atomic E-state index is 13.8. The molecule has 0 aliphatic heterocycles. The van der Waals surface area contributed by atoms with Gasteiger partial charge in [-0.2, -0.15) is 74.6 Å². The van der Waals surface area contributed by atoms with Gasteiger partial charge in [-0.15, -0.1) is 0 Å². The first-order valence-electron chi connectivity index (χ1n) is 7.04. The van der Waals surface area contributed by atoms with Crippen LogP contribution in [0.2, 0.25) is 0 Å². The molecule has 0 aromatic carbocycles. The van der Waals surface area contributed by atoms with Gasteiger partial charge in [-0.25, -0.2) is 4.79 Å². The molecule has 0 aliphatic carbocycles. The highest BCUT2D eigenvalue weighted by Gasteiger charge is 2.85. The molecule has 0 rings (SSSR count). The zero-order valence-corrected chi connectivity index (χ0v) is 14.5. The molecule has 0 saturated carbocycles. The van der Waals surface area contributed by atoms with Crippen molar-refractivity contribution in [2.75, 3.05) is 6.61 Å². The van der Waals surface area contributed by atoms with Gasteiger partial charge in [-0.05, 0) is 0 Å². The first kappa shape index (κ1) is 30.9. The summed E-state index contributed by atoms with van der Waals surface area (Å²) in [6.07, 6.45) is -38.3. The van der Waals surface area contributed by atoms with E-state index in [1.807, 2.05) is 0 Å². The Hall–Kier alpha value is -2.06. The minimum Gasteiger partial charge on any atom is -0.457 e. The minimum absolute atomic E-state index is 0.310. The van der Waals surface area contributed by atoms with Gasteiger partial charge in [0.1, 0.15) is 6.61 Å². The van der Waals surface area contributed by atoms with Crippen LogP contribution < -0.4 is 0 Å². The number of hydrogen-bond donors (Lipinski definition) is 0. The summed E-state index contributed by atoms with van der Waals surface area (Å²) in [4.78, 5) is 11.0. The number of carbonyl (C=O) groups is 1. The van der Waals surface area contributed by atoms with E-state index in [1.54, 1.807) is 4.74 Å². The van der Waals surface area contributed by atoms with E-state index in [1.165, 1.54) is 4.74 Å². The summed E-state index contributed by atoms with van der Waals surface area (Å²) in [5, 5.41) is 0. The van der Waals surface area contributed by atoms with Crippen LogP contribution in [0, 0.1) is 0 Å². The molecule has 4 nitrogen and oxygen atoms in total. The number of carbonyl (C=O) groups excluding carboxylic acids is 1. The quantitative estimate of drug-likeness (QED) is 0.219. The number of ether oxygens (including phenoxy) is 3. The first-order valence-corrected chi connectivity index (χ1v) is 7.04. The largest absolute Gasteiger partial charge is 0.462 e. The van der Waals surface area contributed by atoms with Crippen molar-refractivity contribution in [1.82, 2.24) is 0 Å². The Balaban J connectivity index is 6.70. The molecule has 0 N–H and O–H groups in total. The molecule has 0 radical (unpaired) electrons. The molecule has 0 aromatic rings. The van der Waals surface area contributed by atoms with Gasteiger partial charge in [0.25, 0.3) is 0 Å². The van der Waals surface area contributed by atoms with Crippen molar-refractivity contribution >= 4 is 5.97 Å². The van der Waals surface area contributed by atoms with Gasteiger partial charge in [0, 0.05) is 0 Å². The van der Waals surface area contributed by atoms with E-state index in [-0.39, 0.29) is 0 Å². The average Bonchev–Trinajstić information content (AvgIpc) is 2.55. The summed E-state index contributed by atoms with van der Waals surface area (Å²) in [7, 11) is 0. The third-order valence-corrected chi connectivity index (χ3v) is 2.96. The van der Waals surface area contributed by atoms with Gasteiger partial charge < -0.3 is 4.74 Å². The molecule has 0 saturated heterocycles. The number of halogens is 17. The van der Waals surface area contributed by atoms with E-state index in [0.717, 1.165) is 0 Å². The molecule has 0 unspecified atom stereocenters. The van der Waals surface area contributed by atoms with E-state index >= 15 is 0 Å². The van der Waals surface area contributed by atoms with Crippen molar-refractivity contribution in [2.24, 2.45) is 0 Å². The smallest absolute Gasteiger partial charge is 0.457 e. The lowest BCUT2D eigenvalue weighted by Crippen LogP contribution is -2.68. The molecule has 33 heavy (non-hydrogen) atoms. The van der Waals surface area contributed by atoms with Crippen LogP contribution in [0.3, 0.4) is 0 Å². The van der Waals surface area contributed by atoms with Crippen molar-refractivity contribution in [3.05, 3.63) is 12.7 Å². The normalized spacial score (nSPS) is 18.3. The Bertz CT molecular complexity index is 723. The predicted molar refractivity (Wildman–Crippen MR) is 64.0 cm³/mol. The van der Waals surface area contributed by atoms with E-state index in [9.17, 15) is 79.4 Å². The van der Waals surface area contributed by atoms with Crippen LogP contribution in [0.15, 0.2) is 12.7 Å². The summed E-state index contributed by atoms with van der Waals surface area (Å²) in [5.74, 6) is -26.5. The van der Waals surface area contributed by atoms with Crippen LogP contribution >= 0.6 is 0 Å². The molecule has 0 bridgehead atoms. The lowest BCUT2D eigenvalue weighted by molar-refractivity contribution is -0.548. The Kier molecular flexibility index (Phi) is 8.08. The maximum Gasteiger partial charge on any atom is 0.462 e. The van der Waals surface area contributed by atoms with E-state index in [0.29, 0.717) is 6.08 Å². The molecule has 2 atom stereocenters. The lowest BCUT2D eigenvalue weighted by Gasteiger charge is -2.39. The maximum absolute atomic E-state index is 13.8. The van der Waals surface area contributed by atoms with E-state index in [2.05, 4.69) is 11.3 Å². The first-order chi connectivity index (χ1) is 14.1. The third kappa shape index (κ3) is 5.54. The van der Waals surface area contributed by atoms with Crippen LogP contribution in [0.1, 0.15) is 0 Å². The minimum atomic E-state index is -8.06. The van der Waals surface area contributed by atoms with Gasteiger partial charge >= 0.3 is 54.3 Å². The molecule has 0 aliphatic rings. The van der Waals surface area contributed by atoms with Gasteiger partial charge in [0.2, 0.25) is 0 Å². The highest BCUT2D eigenvalue weighted by molar-refractivity contribution is 5.79. The predicted octanol–water partition coefficient (Wildman–Crippen LogP) is 5.59. The summed E-state index contributed by atoms with van der Waals surface area (Å²) in [6, 6.07) is 0. The van der Waals surface area contributed by atoms with Crippen LogP contribution in [0.5, 0.6) is 0 Å². The molecule has 0 fully saturated rings. The SMILES string of the molecule is C=CCOC(=O)[C@](F)(OC(F)(F)[C@@](F)(OC(F)(F)C(F)(F)C(F)(F)F)C(F)(F)F)C(F)(F)F. The Morgan fingerprint density at radius 2 is 1.06 bits per heavy atom. The summed E-state index contributed by atoms with van der Waals surface area (Å²) >= 11 is 0. The summed E-state index contributed by atoms with van der Waals surface area (Å²) in [6.45, 7) is 1.16. The van der Waals surface area contributed by atoms with Crippen molar-refractivity contribution < 1.29 is 93.6 Å². The van der Waals surface area contributed by atoms with Crippen LogP contribution in [0.4, 0.5) is 74.6 Å². The van der Waals surface area contributed by atoms with Gasteiger partial charge in [0.05, 0.1) is 0 Å². The fraction of sp³-hybridized carbons (Fsp3) is 0.750. The fourth-order valence-electron chi connectivity index (χ4n) is 1.37. The molecule has 0 spiro atoms. The van der Waals surface area contributed by atoms with E-state index < -0.39 is 61.0 Å². The monoisotopic (exact) mass is 536 g/mol. The fourth-order valence-corrected chi connectivity index (χ4v) is 1.37. The highest BCUT2D eigenvalue weighted by Crippen LogP contribution is 2.56. The van der Waals surface area contributed by atoms with Crippen molar-refractivity contribution in [3.8, 4) is 0 Å². The van der Waals surface area contributed by atoms with E-state index in [4.69, 9.17) is 0 Å². The van der Waals surface area contributed by atoms with Crippen LogP contribution in [-0.2, 0) is 19.0 Å². The molecule has 21 heteroatoms. The van der Waals surface area contributed by atoms with Gasteiger partial charge in [0.15, 0.2) is 0 Å². The summed E-state index contributed by atoms with van der Waals surface area (Å²) < 4.78 is 224. The molecule has 0 heterocycles. The standard InChI is InChI=1S/C12H5F17O4/c1-2-3-31-4(30)5(13,8(17,18)19)32-12(28,29)7(16,10(23,24)25)33-11(26,27)6(14,15)9(20,21)22/h2H,1,3H2/t5-,7-/m0/s1. The number of alkyl halides is 17. The van der Waals surface area contributed by atoms with Crippen molar-refractivity contribution in [2.45, 2.75) is 48.4 Å². The second kappa shape index (κ2) is 8.62. The van der Waals surface area contributed by atoms with Crippen molar-refractivity contribution in [3.63, 3.8) is 0 Å². The molecule has 196 valence electrons. The van der Waals surface area contributed by atoms with Crippen molar-refractivity contribution in [1.29, 1.82) is 0 Å². The molecule has 0 amide bonds. The number of esters is 1. The molecule has 0 aromatic heterocycles. The highest BCUT2D eigenvalue weighted by atomic mass is 19.4. The third-order valence-electron chi connectivity index (χ3n) is 2.96. The number of hydrogen-bond acceptors (Lipinski definition) is 4. The molecular formula is C12H5F17O4. The lowest BCUT2D eigenvalue weighted by atomic mass is 10.2. The van der Waals surface area contributed by atoms with Gasteiger partial charge in [-0.1, -0.05) is 12.7 Å². The Labute approximate surface area is 168 Å². The average molecular weight is 536 g/mol. The zero-order valence-electron chi connectivity index (χ0n) is 14.5. The topological polar surface area (TPSA) is 44.8 Å². The number of rotatable bonds is 9. The Morgan fingerprint density at radius 1 is 0.636 bits per heavy atom. The molecular weight excluding hydrogens is 531 g/mol. The van der Waals surface area contributed by atoms with Gasteiger partial charge in [-0.3, -0.25) is 9.47 Å².